The van der Waals surface area contributed by atoms with Gasteiger partial charge in [0.1, 0.15) is 0 Å². The third kappa shape index (κ3) is 3.92. The Labute approximate surface area is 150 Å². The first kappa shape index (κ1) is 16.7. The summed E-state index contributed by atoms with van der Waals surface area (Å²) < 4.78 is 0. The summed E-state index contributed by atoms with van der Waals surface area (Å²) in [7, 11) is 0. The van der Waals surface area contributed by atoms with E-state index in [-0.39, 0.29) is 0 Å². The molecule has 25 heavy (non-hydrogen) atoms. The Morgan fingerprint density at radius 3 is 2.88 bits per heavy atom. The van der Waals surface area contributed by atoms with E-state index in [2.05, 4.69) is 58.0 Å². The van der Waals surface area contributed by atoms with Crippen molar-refractivity contribution in [1.82, 2.24) is 20.7 Å². The van der Waals surface area contributed by atoms with Crippen molar-refractivity contribution >= 4 is 0 Å². The Bertz CT molecular complexity index is 670. The lowest BCUT2D eigenvalue weighted by Crippen LogP contribution is -2.46. The van der Waals surface area contributed by atoms with Crippen LogP contribution in [0.4, 0.5) is 0 Å². The van der Waals surface area contributed by atoms with Crippen LogP contribution < -0.4 is 10.9 Å². The number of hydrogen-bond acceptors (Lipinski definition) is 4. The van der Waals surface area contributed by atoms with Crippen LogP contribution in [0.25, 0.3) is 0 Å². The monoisotopic (exact) mass is 336 g/mol. The van der Waals surface area contributed by atoms with E-state index in [4.69, 9.17) is 0 Å². The van der Waals surface area contributed by atoms with Gasteiger partial charge in [-0.25, -0.2) is 0 Å². The fourth-order valence-electron chi connectivity index (χ4n) is 4.38. The maximum Gasteiger partial charge on any atom is 0.0334 e. The topological polar surface area (TPSA) is 40.2 Å². The van der Waals surface area contributed by atoms with Crippen LogP contribution in [-0.4, -0.2) is 35.6 Å². The average molecular weight is 336 g/mol. The van der Waals surface area contributed by atoms with E-state index >= 15 is 0 Å². The zero-order valence-corrected chi connectivity index (χ0v) is 15.0. The summed E-state index contributed by atoms with van der Waals surface area (Å²) in [5.41, 5.74) is 11.1. The molecule has 4 nitrogen and oxygen atoms in total. The zero-order chi connectivity index (χ0) is 17.1. The molecule has 1 aromatic heterocycles. The fourth-order valence-corrected chi connectivity index (χ4v) is 4.38. The summed E-state index contributed by atoms with van der Waals surface area (Å²) in [5.74, 6) is 1.25. The van der Waals surface area contributed by atoms with Gasteiger partial charge in [0.15, 0.2) is 0 Å². The number of hydrazine groups is 1. The summed E-state index contributed by atoms with van der Waals surface area (Å²) in [6.07, 6.45) is 6.44. The number of aromatic nitrogens is 1. The highest BCUT2D eigenvalue weighted by Gasteiger charge is 2.36. The molecule has 3 atom stereocenters. The predicted octanol–water partition coefficient (Wildman–Crippen LogP) is 2.86. The van der Waals surface area contributed by atoms with E-state index < -0.39 is 0 Å². The van der Waals surface area contributed by atoms with E-state index in [1.54, 1.807) is 0 Å². The number of pyridine rings is 1. The highest BCUT2D eigenvalue weighted by Crippen LogP contribution is 2.32. The van der Waals surface area contributed by atoms with Crippen LogP contribution in [0.3, 0.4) is 0 Å². The van der Waals surface area contributed by atoms with Gasteiger partial charge in [0.2, 0.25) is 0 Å². The van der Waals surface area contributed by atoms with Crippen molar-refractivity contribution in [3.63, 3.8) is 0 Å². The Morgan fingerprint density at radius 1 is 1.20 bits per heavy atom. The number of likely N-dealkylation sites (tertiary alicyclic amines) is 1. The molecule has 0 bridgehead atoms. The van der Waals surface area contributed by atoms with Gasteiger partial charge in [-0.2, -0.15) is 0 Å². The van der Waals surface area contributed by atoms with Gasteiger partial charge < -0.3 is 0 Å². The van der Waals surface area contributed by atoms with E-state index in [1.165, 1.54) is 36.1 Å². The van der Waals surface area contributed by atoms with Gasteiger partial charge in [0.25, 0.3) is 0 Å². The van der Waals surface area contributed by atoms with Gasteiger partial charge in [0.05, 0.1) is 0 Å². The van der Waals surface area contributed by atoms with Crippen molar-refractivity contribution in [1.29, 1.82) is 0 Å². The second kappa shape index (κ2) is 7.65. The lowest BCUT2D eigenvalue weighted by atomic mass is 9.81. The molecule has 0 spiro atoms. The number of aryl methyl sites for hydroxylation is 1. The maximum absolute atomic E-state index is 4.26. The molecule has 1 aromatic carbocycles. The number of hydrogen-bond donors (Lipinski definition) is 2. The number of nitrogens with zero attached hydrogens (tertiary/aromatic N) is 2. The molecule has 0 aliphatic carbocycles. The molecule has 3 unspecified atom stereocenters. The smallest absolute Gasteiger partial charge is 0.0334 e. The van der Waals surface area contributed by atoms with Crippen molar-refractivity contribution in [2.24, 2.45) is 5.92 Å². The Kier molecular flexibility index (Phi) is 5.11. The Morgan fingerprint density at radius 2 is 2.08 bits per heavy atom. The molecule has 2 aliphatic rings. The number of benzene rings is 1. The summed E-state index contributed by atoms with van der Waals surface area (Å²) in [5, 5.41) is 0. The molecule has 3 heterocycles. The molecule has 2 saturated heterocycles. The molecule has 4 heteroatoms. The summed E-state index contributed by atoms with van der Waals surface area (Å²) in [4.78, 5) is 6.85. The average Bonchev–Trinajstić information content (AvgIpc) is 3.13. The highest BCUT2D eigenvalue weighted by molar-refractivity contribution is 5.27. The fraction of sp³-hybridized carbons (Fsp3) is 0.476. The first-order chi connectivity index (χ1) is 12.3. The lowest BCUT2D eigenvalue weighted by molar-refractivity contribution is 0.139. The van der Waals surface area contributed by atoms with Crippen molar-refractivity contribution in [3.8, 4) is 0 Å². The van der Waals surface area contributed by atoms with Gasteiger partial charge >= 0.3 is 0 Å². The standard InChI is InChI=1S/C21H28N4/c1-16-6-8-18(9-7-16)20-13-23-24-21(20)19-5-3-11-25(15-19)14-17-4-2-10-22-12-17/h2,4,6-10,12,19-21,23-24H,3,5,11,13-15H2,1H3. The number of piperidine rings is 1. The van der Waals surface area contributed by atoms with Crippen LogP contribution in [0, 0.1) is 12.8 Å². The zero-order valence-electron chi connectivity index (χ0n) is 15.0. The van der Waals surface area contributed by atoms with E-state index in [0.29, 0.717) is 17.9 Å². The molecule has 2 aromatic rings. The summed E-state index contributed by atoms with van der Waals surface area (Å²) in [6, 6.07) is 13.8. The summed E-state index contributed by atoms with van der Waals surface area (Å²) in [6.45, 7) is 6.55. The van der Waals surface area contributed by atoms with E-state index in [9.17, 15) is 0 Å². The first-order valence-electron chi connectivity index (χ1n) is 9.46. The number of nitrogens with one attached hydrogen (secondary N) is 2. The quantitative estimate of drug-likeness (QED) is 0.901. The Hall–Kier alpha value is -1.75. The van der Waals surface area contributed by atoms with Crippen LogP contribution in [0.1, 0.15) is 35.4 Å². The number of rotatable bonds is 4. The molecule has 2 aliphatic heterocycles. The van der Waals surface area contributed by atoms with Crippen LogP contribution in [0.5, 0.6) is 0 Å². The minimum Gasteiger partial charge on any atom is -0.299 e. The molecule has 0 amide bonds. The molecule has 2 N–H and O–H groups in total. The molecular weight excluding hydrogens is 308 g/mol. The third-order valence-electron chi connectivity index (χ3n) is 5.71. The van der Waals surface area contributed by atoms with Crippen LogP contribution in [0.15, 0.2) is 48.8 Å². The van der Waals surface area contributed by atoms with Crippen LogP contribution >= 0.6 is 0 Å². The second-order valence-electron chi connectivity index (χ2n) is 7.57. The van der Waals surface area contributed by atoms with Crippen molar-refractivity contribution in [2.45, 2.75) is 38.3 Å². The minimum absolute atomic E-state index is 0.513. The summed E-state index contributed by atoms with van der Waals surface area (Å²) >= 11 is 0. The minimum atomic E-state index is 0.513. The molecule has 132 valence electrons. The highest BCUT2D eigenvalue weighted by atomic mass is 15.4. The molecule has 4 rings (SSSR count). The largest absolute Gasteiger partial charge is 0.299 e. The first-order valence-corrected chi connectivity index (χ1v) is 9.46. The second-order valence-corrected chi connectivity index (χ2v) is 7.57. The predicted molar refractivity (Wildman–Crippen MR) is 101 cm³/mol. The van der Waals surface area contributed by atoms with Crippen LogP contribution in [-0.2, 0) is 6.54 Å². The van der Waals surface area contributed by atoms with Crippen molar-refractivity contribution in [3.05, 3.63) is 65.5 Å². The van der Waals surface area contributed by atoms with Gasteiger partial charge in [-0.15, -0.1) is 0 Å². The van der Waals surface area contributed by atoms with E-state index in [1.807, 2.05) is 18.5 Å². The van der Waals surface area contributed by atoms with Gasteiger partial charge in [-0.05, 0) is 49.4 Å². The molecule has 2 fully saturated rings. The van der Waals surface area contributed by atoms with Gasteiger partial charge in [-0.3, -0.25) is 20.7 Å². The third-order valence-corrected chi connectivity index (χ3v) is 5.71. The van der Waals surface area contributed by atoms with Gasteiger partial charge in [-0.1, -0.05) is 35.9 Å². The maximum atomic E-state index is 4.26. The molecular formula is C21H28N4. The lowest BCUT2D eigenvalue weighted by Gasteiger charge is -2.37. The van der Waals surface area contributed by atoms with Crippen molar-refractivity contribution in [2.75, 3.05) is 19.6 Å². The molecule has 0 radical (unpaired) electrons. The van der Waals surface area contributed by atoms with Gasteiger partial charge in [0, 0.05) is 44.0 Å². The van der Waals surface area contributed by atoms with Crippen molar-refractivity contribution < 1.29 is 0 Å². The van der Waals surface area contributed by atoms with E-state index in [0.717, 1.165) is 19.6 Å². The SMILES string of the molecule is Cc1ccc(C2CNNC2C2CCCN(Cc3cccnc3)C2)cc1. The normalized spacial score (nSPS) is 27.5. The Balaban J connectivity index is 1.44. The molecule has 0 saturated carbocycles. The van der Waals surface area contributed by atoms with Crippen LogP contribution in [0.2, 0.25) is 0 Å².